The minimum Gasteiger partial charge on any atom is -0.376 e. The van der Waals surface area contributed by atoms with E-state index in [9.17, 15) is 27.3 Å². The molecule has 0 spiro atoms. The molecule has 2 aliphatic carbocycles. The van der Waals surface area contributed by atoms with Crippen molar-refractivity contribution in [2.45, 2.75) is 74.6 Å². The molecule has 36 heavy (non-hydrogen) atoms. The summed E-state index contributed by atoms with van der Waals surface area (Å²) in [6.45, 7) is 0. The van der Waals surface area contributed by atoms with Crippen LogP contribution in [0, 0.1) is 11.8 Å². The van der Waals surface area contributed by atoms with Crippen LogP contribution in [0.3, 0.4) is 0 Å². The number of alkyl halides is 3. The lowest BCUT2D eigenvalue weighted by Crippen LogP contribution is -2.44. The summed E-state index contributed by atoms with van der Waals surface area (Å²) in [7, 11) is -2.44. The predicted molar refractivity (Wildman–Crippen MR) is 135 cm³/mol. The largest absolute Gasteiger partial charge is 0.421 e. The highest BCUT2D eigenvalue weighted by molar-refractivity contribution is 8.00. The van der Waals surface area contributed by atoms with Gasteiger partial charge < -0.3 is 10.4 Å². The fraction of sp³-hybridized carbons (Fsp3) is 0.519. The van der Waals surface area contributed by atoms with E-state index in [0.717, 1.165) is 32.1 Å². The highest BCUT2D eigenvalue weighted by Gasteiger charge is 2.55. The van der Waals surface area contributed by atoms with Crippen LogP contribution < -0.4 is 5.32 Å². The molecule has 1 amide bonds. The Morgan fingerprint density at radius 1 is 1.03 bits per heavy atom. The third-order valence-electron chi connectivity index (χ3n) is 7.17. The number of aliphatic hydroxyl groups is 1. The van der Waals surface area contributed by atoms with Crippen LogP contribution in [-0.4, -0.2) is 38.0 Å². The standard InChI is InChI=1S/C27H33F3N2O3S/c1-36(35,18-20-7-8-20)25-14-9-21(17-31-25)15-24(33)32-23-12-10-22(11-13-23)26(34,27(28,29)30)16-19-5-3-2-4-6-19/h9-14,17,19-20,34H,1-8,15-16,18H2,(H,32,33). The van der Waals surface area contributed by atoms with E-state index in [4.69, 9.17) is 0 Å². The van der Waals surface area contributed by atoms with Gasteiger partial charge in [0.05, 0.1) is 6.42 Å². The molecule has 2 fully saturated rings. The minimum atomic E-state index is -4.80. The van der Waals surface area contributed by atoms with E-state index < -0.39 is 21.3 Å². The van der Waals surface area contributed by atoms with Gasteiger partial charge in [-0.25, -0.2) is 4.98 Å². The monoisotopic (exact) mass is 522 g/mol. The maximum absolute atomic E-state index is 13.9. The number of hydrogen-bond donors (Lipinski definition) is 2. The van der Waals surface area contributed by atoms with Gasteiger partial charge in [0.25, 0.3) is 0 Å². The second-order valence-electron chi connectivity index (χ2n) is 10.3. The lowest BCUT2D eigenvalue weighted by atomic mass is 9.77. The van der Waals surface area contributed by atoms with Crippen molar-refractivity contribution in [1.82, 2.24) is 4.98 Å². The smallest absolute Gasteiger partial charge is 0.376 e. The van der Waals surface area contributed by atoms with Crippen molar-refractivity contribution in [2.24, 2.45) is 11.8 Å². The number of anilines is 1. The van der Waals surface area contributed by atoms with Crippen molar-refractivity contribution in [3.05, 3.63) is 53.7 Å². The number of nitrogens with one attached hydrogen (secondary N) is 1. The Labute approximate surface area is 210 Å². The van der Waals surface area contributed by atoms with Gasteiger partial charge in [0.15, 0.2) is 5.60 Å². The van der Waals surface area contributed by atoms with Gasteiger partial charge in [-0.15, -0.1) is 0 Å². The summed E-state index contributed by atoms with van der Waals surface area (Å²) < 4.78 is 54.5. The Hall–Kier alpha value is -2.39. The molecule has 1 aromatic heterocycles. The molecule has 9 heteroatoms. The Morgan fingerprint density at radius 3 is 2.25 bits per heavy atom. The van der Waals surface area contributed by atoms with Crippen molar-refractivity contribution in [1.29, 1.82) is 0 Å². The number of amides is 1. The van der Waals surface area contributed by atoms with Crippen LogP contribution in [0.25, 0.3) is 0 Å². The van der Waals surface area contributed by atoms with Crippen LogP contribution in [0.5, 0.6) is 0 Å². The highest BCUT2D eigenvalue weighted by atomic mass is 32.2. The van der Waals surface area contributed by atoms with E-state index in [1.807, 2.05) is 0 Å². The Bertz CT molecular complexity index is 1150. The van der Waals surface area contributed by atoms with Gasteiger partial charge >= 0.3 is 6.18 Å². The van der Waals surface area contributed by atoms with Crippen LogP contribution in [0.15, 0.2) is 47.6 Å². The molecule has 4 rings (SSSR count). The van der Waals surface area contributed by atoms with Crippen molar-refractivity contribution in [3.63, 3.8) is 0 Å². The van der Waals surface area contributed by atoms with Crippen LogP contribution in [0.2, 0.25) is 0 Å². The lowest BCUT2D eigenvalue weighted by molar-refractivity contribution is -0.273. The minimum absolute atomic E-state index is 0.00413. The zero-order valence-corrected chi connectivity index (χ0v) is 21.0. The first-order valence-corrected chi connectivity index (χ1v) is 14.4. The lowest BCUT2D eigenvalue weighted by Gasteiger charge is -2.35. The van der Waals surface area contributed by atoms with Crippen LogP contribution >= 0.6 is 0 Å². The third kappa shape index (κ3) is 6.48. The molecule has 2 saturated carbocycles. The van der Waals surface area contributed by atoms with Gasteiger partial charge in [-0.1, -0.05) is 50.3 Å². The fourth-order valence-electron chi connectivity index (χ4n) is 4.91. The SMILES string of the molecule is C=S(=O)(CC1CC1)c1ccc(CC(=O)Nc2ccc(C(O)(CC3CCCCC3)C(F)(F)F)cc2)cn1. The first-order valence-electron chi connectivity index (χ1n) is 12.5. The van der Waals surface area contributed by atoms with Crippen molar-refractivity contribution < 1.29 is 27.3 Å². The fourth-order valence-corrected chi connectivity index (χ4v) is 6.74. The van der Waals surface area contributed by atoms with E-state index in [1.165, 1.54) is 30.5 Å². The van der Waals surface area contributed by atoms with Gasteiger partial charge in [-0.05, 0) is 66.3 Å². The molecule has 196 valence electrons. The molecule has 2 unspecified atom stereocenters. The molecule has 0 radical (unpaired) electrons. The molecular weight excluding hydrogens is 489 g/mol. The molecule has 2 N–H and O–H groups in total. The molecule has 1 heterocycles. The van der Waals surface area contributed by atoms with E-state index in [0.29, 0.717) is 40.8 Å². The number of pyridine rings is 1. The maximum Gasteiger partial charge on any atom is 0.421 e. The second kappa shape index (κ2) is 10.5. The highest BCUT2D eigenvalue weighted by Crippen LogP contribution is 2.46. The Balaban J connectivity index is 1.38. The maximum atomic E-state index is 13.9. The quantitative estimate of drug-likeness (QED) is 0.428. The van der Waals surface area contributed by atoms with E-state index >= 15 is 0 Å². The molecule has 2 atom stereocenters. The summed E-state index contributed by atoms with van der Waals surface area (Å²) in [6.07, 6.45) is 2.66. The number of aromatic nitrogens is 1. The predicted octanol–water partition coefficient (Wildman–Crippen LogP) is 5.47. The molecule has 0 aliphatic heterocycles. The Morgan fingerprint density at radius 2 is 1.69 bits per heavy atom. The normalized spacial score (nSPS) is 20.3. The van der Waals surface area contributed by atoms with Gasteiger partial charge in [0, 0.05) is 27.2 Å². The number of nitrogens with zero attached hydrogens (tertiary/aromatic N) is 1. The van der Waals surface area contributed by atoms with Gasteiger partial charge in [0.2, 0.25) is 5.91 Å². The number of halogens is 3. The average Bonchev–Trinajstić information content (AvgIpc) is 3.63. The number of hydrogen-bond acceptors (Lipinski definition) is 4. The molecule has 5 nitrogen and oxygen atoms in total. The third-order valence-corrected chi connectivity index (χ3v) is 9.18. The topological polar surface area (TPSA) is 79.3 Å². The summed E-state index contributed by atoms with van der Waals surface area (Å²) in [6, 6.07) is 8.54. The van der Waals surface area contributed by atoms with Crippen LogP contribution in [-0.2, 0) is 26.3 Å². The van der Waals surface area contributed by atoms with Crippen LogP contribution in [0.4, 0.5) is 18.9 Å². The second-order valence-corrected chi connectivity index (χ2v) is 12.7. The van der Waals surface area contributed by atoms with E-state index in [-0.39, 0.29) is 30.2 Å². The molecule has 1 aromatic carbocycles. The van der Waals surface area contributed by atoms with E-state index in [2.05, 4.69) is 16.2 Å². The molecule has 0 saturated heterocycles. The summed E-state index contributed by atoms with van der Waals surface area (Å²) in [5.74, 6) is 4.28. The Kier molecular flexibility index (Phi) is 7.80. The average molecular weight is 523 g/mol. The number of rotatable bonds is 9. The van der Waals surface area contributed by atoms with Crippen molar-refractivity contribution in [2.75, 3.05) is 11.1 Å². The molecule has 2 aliphatic rings. The number of benzene rings is 1. The molecule has 2 aromatic rings. The summed E-state index contributed by atoms with van der Waals surface area (Å²) in [4.78, 5) is 16.7. The summed E-state index contributed by atoms with van der Waals surface area (Å²) in [5, 5.41) is 13.8. The zero-order valence-electron chi connectivity index (χ0n) is 20.2. The molecule has 0 bridgehead atoms. The van der Waals surface area contributed by atoms with Crippen molar-refractivity contribution >= 4 is 27.0 Å². The molecular formula is C27H33F3N2O3S. The number of carbonyl (C=O) groups is 1. The summed E-state index contributed by atoms with van der Waals surface area (Å²) in [5.41, 5.74) is -2.19. The first-order chi connectivity index (χ1) is 17.0. The van der Waals surface area contributed by atoms with Gasteiger partial charge in [-0.3, -0.25) is 9.00 Å². The summed E-state index contributed by atoms with van der Waals surface area (Å²) >= 11 is 0. The first kappa shape index (κ1) is 26.7. The zero-order chi connectivity index (χ0) is 26.0. The van der Waals surface area contributed by atoms with Crippen LogP contribution in [0.1, 0.15) is 62.5 Å². The number of carbonyl (C=O) groups excluding carboxylic acids is 1. The van der Waals surface area contributed by atoms with E-state index in [1.54, 1.807) is 12.1 Å². The van der Waals surface area contributed by atoms with Gasteiger partial charge in [-0.2, -0.15) is 13.2 Å². The van der Waals surface area contributed by atoms with Gasteiger partial charge in [0.1, 0.15) is 5.03 Å². The van der Waals surface area contributed by atoms with Crippen molar-refractivity contribution in [3.8, 4) is 0 Å².